The second kappa shape index (κ2) is 8.77. The maximum Gasteiger partial charge on any atom is 0.417 e. The molecule has 4 aromatic rings. The Labute approximate surface area is 183 Å². The van der Waals surface area contributed by atoms with Gasteiger partial charge in [-0.15, -0.1) is 0 Å². The number of H-pyrrole nitrogens is 1. The quantitative estimate of drug-likeness (QED) is 0.331. The number of aromatic nitrogens is 2. The highest BCUT2D eigenvalue weighted by atomic mass is 32.1. The summed E-state index contributed by atoms with van der Waals surface area (Å²) in [6.45, 7) is 0.0603. The van der Waals surface area contributed by atoms with E-state index in [-0.39, 0.29) is 12.6 Å². The van der Waals surface area contributed by atoms with Crippen LogP contribution >= 0.6 is 11.3 Å². The first-order chi connectivity index (χ1) is 15.2. The van der Waals surface area contributed by atoms with E-state index in [9.17, 15) is 23.1 Å². The van der Waals surface area contributed by atoms with Gasteiger partial charge in [0.2, 0.25) is 0 Å². The number of halogens is 3. The smallest absolute Gasteiger partial charge is 0.408 e. The molecular weight excluding hydrogens is 445 g/mol. The molecule has 5 N–H and O–H groups in total. The van der Waals surface area contributed by atoms with Crippen molar-refractivity contribution in [3.8, 4) is 10.4 Å². The van der Waals surface area contributed by atoms with E-state index in [0.717, 1.165) is 22.6 Å². The topological polar surface area (TPSA) is 117 Å². The van der Waals surface area contributed by atoms with Gasteiger partial charge in [-0.1, -0.05) is 29.5 Å². The van der Waals surface area contributed by atoms with Crippen LogP contribution in [0.2, 0.25) is 0 Å². The third-order valence-electron chi connectivity index (χ3n) is 4.82. The number of aliphatic hydroxyl groups is 1. The fourth-order valence-electron chi connectivity index (χ4n) is 3.27. The van der Waals surface area contributed by atoms with Crippen LogP contribution in [0.25, 0.3) is 21.5 Å². The number of aliphatic hydroxyl groups excluding tert-OH is 1. The Morgan fingerprint density at radius 3 is 2.66 bits per heavy atom. The number of hydrogen-bond acceptors (Lipinski definition) is 7. The van der Waals surface area contributed by atoms with E-state index >= 15 is 0 Å². The summed E-state index contributed by atoms with van der Waals surface area (Å²) in [5, 5.41) is 13.4. The van der Waals surface area contributed by atoms with E-state index in [0.29, 0.717) is 40.5 Å². The van der Waals surface area contributed by atoms with Crippen molar-refractivity contribution in [2.75, 3.05) is 11.9 Å². The number of hydrogen-bond donors (Lipinski definition) is 4. The Bertz CT molecular complexity index is 1280. The molecule has 7 nitrogen and oxygen atoms in total. The van der Waals surface area contributed by atoms with Gasteiger partial charge < -0.3 is 20.6 Å². The number of nitrogens with zero attached hydrogens (tertiary/aromatic N) is 1. The molecule has 0 amide bonds. The first kappa shape index (κ1) is 22.1. The molecule has 0 saturated carbocycles. The van der Waals surface area contributed by atoms with Crippen molar-refractivity contribution in [1.29, 1.82) is 0 Å². The van der Waals surface area contributed by atoms with Gasteiger partial charge in [0.15, 0.2) is 10.7 Å². The first-order valence-corrected chi connectivity index (χ1v) is 10.4. The number of nitrogens with two attached hydrogens (primary N) is 1. The molecular formula is C21H19F3N4O3S. The SMILES string of the molecule is NC(CNc1nc(CO)c(-c2ccc3[nH]c(=O)oc3c2)s1)Cc1ccc(C(F)(F)F)cc1. The molecule has 0 aliphatic heterocycles. The van der Waals surface area contributed by atoms with Crippen molar-refractivity contribution in [3.05, 3.63) is 69.8 Å². The maximum atomic E-state index is 12.7. The van der Waals surface area contributed by atoms with Crippen molar-refractivity contribution in [2.24, 2.45) is 5.73 Å². The Morgan fingerprint density at radius 1 is 1.22 bits per heavy atom. The highest BCUT2D eigenvalue weighted by Crippen LogP contribution is 2.34. The minimum Gasteiger partial charge on any atom is -0.408 e. The largest absolute Gasteiger partial charge is 0.417 e. The lowest BCUT2D eigenvalue weighted by atomic mass is 10.0. The fourth-order valence-corrected chi connectivity index (χ4v) is 4.25. The van der Waals surface area contributed by atoms with Crippen LogP contribution in [-0.4, -0.2) is 27.7 Å². The summed E-state index contributed by atoms with van der Waals surface area (Å²) in [4.78, 5) is 19.0. The summed E-state index contributed by atoms with van der Waals surface area (Å²) in [6, 6.07) is 9.76. The summed E-state index contributed by atoms with van der Waals surface area (Å²) < 4.78 is 43.1. The summed E-state index contributed by atoms with van der Waals surface area (Å²) in [5.41, 5.74) is 8.30. The van der Waals surface area contributed by atoms with Gasteiger partial charge in [-0.05, 0) is 41.8 Å². The molecule has 2 aromatic heterocycles. The molecule has 0 aliphatic rings. The molecule has 0 spiro atoms. The third-order valence-corrected chi connectivity index (χ3v) is 5.93. The van der Waals surface area contributed by atoms with Crippen LogP contribution in [0.5, 0.6) is 0 Å². The van der Waals surface area contributed by atoms with Crippen molar-refractivity contribution in [1.82, 2.24) is 9.97 Å². The summed E-state index contributed by atoms with van der Waals surface area (Å²) in [7, 11) is 0. The van der Waals surface area contributed by atoms with Gasteiger partial charge in [-0.2, -0.15) is 13.2 Å². The fraction of sp³-hybridized carbons (Fsp3) is 0.238. The number of aromatic amines is 1. The molecule has 1 unspecified atom stereocenters. The van der Waals surface area contributed by atoms with Crippen molar-refractivity contribution in [2.45, 2.75) is 25.2 Å². The van der Waals surface area contributed by atoms with Gasteiger partial charge in [0.1, 0.15) is 0 Å². The van der Waals surface area contributed by atoms with Crippen LogP contribution in [0.15, 0.2) is 51.7 Å². The number of anilines is 1. The van der Waals surface area contributed by atoms with Crippen LogP contribution in [0.4, 0.5) is 18.3 Å². The second-order valence-electron chi connectivity index (χ2n) is 7.22. The minimum atomic E-state index is -4.37. The highest BCUT2D eigenvalue weighted by Gasteiger charge is 2.30. The molecule has 1 atom stereocenters. The Balaban J connectivity index is 1.43. The molecule has 0 fully saturated rings. The van der Waals surface area contributed by atoms with E-state index < -0.39 is 17.5 Å². The van der Waals surface area contributed by atoms with E-state index in [1.165, 1.54) is 23.5 Å². The summed E-state index contributed by atoms with van der Waals surface area (Å²) in [5.74, 6) is -0.548. The van der Waals surface area contributed by atoms with E-state index in [2.05, 4.69) is 15.3 Å². The molecule has 2 heterocycles. The predicted octanol–water partition coefficient (Wildman–Crippen LogP) is 3.74. The molecule has 0 bridgehead atoms. The standard InChI is InChI=1S/C21H19F3N4O3S/c22-21(23,24)13-4-1-11(2-5-13)7-14(25)9-26-19-27-16(10-29)18(32-19)12-3-6-15-17(8-12)31-20(30)28-15/h1-6,8,14,29H,7,9-10,25H2,(H,26,27)(H,28,30). The lowest BCUT2D eigenvalue weighted by Gasteiger charge is -2.13. The van der Waals surface area contributed by atoms with Crippen LogP contribution in [0, 0.1) is 0 Å². The number of oxazole rings is 1. The molecule has 168 valence electrons. The van der Waals surface area contributed by atoms with E-state index in [1.807, 2.05) is 0 Å². The van der Waals surface area contributed by atoms with Gasteiger partial charge in [0.25, 0.3) is 0 Å². The Kier molecular flexibility index (Phi) is 6.04. The van der Waals surface area contributed by atoms with Crippen molar-refractivity contribution in [3.63, 3.8) is 0 Å². The number of thiazole rings is 1. The first-order valence-electron chi connectivity index (χ1n) is 9.62. The second-order valence-corrected chi connectivity index (χ2v) is 8.22. The number of alkyl halides is 3. The van der Waals surface area contributed by atoms with E-state index in [1.54, 1.807) is 18.2 Å². The molecule has 0 radical (unpaired) electrons. The lowest BCUT2D eigenvalue weighted by Crippen LogP contribution is -2.31. The molecule has 0 saturated heterocycles. The average molecular weight is 464 g/mol. The number of rotatable bonds is 7. The molecule has 11 heteroatoms. The maximum absolute atomic E-state index is 12.7. The summed E-state index contributed by atoms with van der Waals surface area (Å²) in [6.07, 6.45) is -3.98. The highest BCUT2D eigenvalue weighted by molar-refractivity contribution is 7.19. The normalized spacial score (nSPS) is 12.9. The zero-order chi connectivity index (χ0) is 22.9. The van der Waals surface area contributed by atoms with E-state index in [4.69, 9.17) is 10.2 Å². The summed E-state index contributed by atoms with van der Waals surface area (Å²) >= 11 is 1.31. The van der Waals surface area contributed by atoms with Gasteiger partial charge in [0.05, 0.1) is 28.3 Å². The minimum absolute atomic E-state index is 0.278. The monoisotopic (exact) mass is 464 g/mol. The molecule has 4 rings (SSSR count). The Morgan fingerprint density at radius 2 is 1.97 bits per heavy atom. The average Bonchev–Trinajstić information content (AvgIpc) is 3.33. The lowest BCUT2D eigenvalue weighted by molar-refractivity contribution is -0.137. The van der Waals surface area contributed by atoms with Gasteiger partial charge in [-0.25, -0.2) is 9.78 Å². The van der Waals surface area contributed by atoms with Gasteiger partial charge >= 0.3 is 11.9 Å². The molecule has 32 heavy (non-hydrogen) atoms. The van der Waals surface area contributed by atoms with Gasteiger partial charge in [-0.3, -0.25) is 4.98 Å². The third kappa shape index (κ3) is 4.85. The molecule has 0 aliphatic carbocycles. The Hall–Kier alpha value is -3.15. The molecule has 2 aromatic carbocycles. The zero-order valence-corrected chi connectivity index (χ0v) is 17.4. The van der Waals surface area contributed by atoms with Crippen LogP contribution in [-0.2, 0) is 19.2 Å². The number of nitrogens with one attached hydrogen (secondary N) is 2. The van der Waals surface area contributed by atoms with Crippen LogP contribution in [0.3, 0.4) is 0 Å². The van der Waals surface area contributed by atoms with Gasteiger partial charge in [0, 0.05) is 12.6 Å². The zero-order valence-electron chi connectivity index (χ0n) is 16.6. The van der Waals surface area contributed by atoms with Crippen molar-refractivity contribution >= 4 is 27.6 Å². The number of benzene rings is 2. The number of fused-ring (bicyclic) bond motifs is 1. The van der Waals surface area contributed by atoms with Crippen LogP contribution in [0.1, 0.15) is 16.8 Å². The predicted molar refractivity (Wildman–Crippen MR) is 115 cm³/mol. The van der Waals surface area contributed by atoms with Crippen LogP contribution < -0.4 is 16.8 Å². The van der Waals surface area contributed by atoms with Crippen molar-refractivity contribution < 1.29 is 22.7 Å².